The summed E-state index contributed by atoms with van der Waals surface area (Å²) in [6.07, 6.45) is 41.8. The summed E-state index contributed by atoms with van der Waals surface area (Å²) in [6, 6.07) is 43.1. The Morgan fingerprint density at radius 1 is 0.284 bits per heavy atom. The van der Waals surface area contributed by atoms with Gasteiger partial charge in [0.05, 0.1) is 48.9 Å². The minimum atomic E-state index is -0.205. The zero-order chi connectivity index (χ0) is 81.2. The van der Waals surface area contributed by atoms with E-state index in [1.54, 1.807) is 0 Å². The fourth-order valence-electron chi connectivity index (χ4n) is 20.2. The summed E-state index contributed by atoms with van der Waals surface area (Å²) in [7, 11) is 0. The molecule has 2 N–H and O–H groups in total. The van der Waals surface area contributed by atoms with Crippen LogP contribution in [0, 0.1) is 103 Å². The van der Waals surface area contributed by atoms with Crippen LogP contribution in [-0.4, -0.2) is 38.0 Å². The molecular formula is C106H138N2O6S2. The first-order valence-electron chi connectivity index (χ1n) is 45.9. The third kappa shape index (κ3) is 22.4. The first-order chi connectivity index (χ1) is 56.4. The molecule has 0 aliphatic heterocycles. The normalized spacial score (nSPS) is 20.1. The zero-order valence-corrected chi connectivity index (χ0v) is 74.5. The Balaban J connectivity index is 0.805. The number of carbonyl (C=O) groups excluding carboxylic acids is 2. The van der Waals surface area contributed by atoms with Crippen LogP contribution in [0.4, 0.5) is 22.7 Å². The maximum atomic E-state index is 16.7. The molecule has 0 bridgehead atoms. The summed E-state index contributed by atoms with van der Waals surface area (Å²) in [5, 5.41) is 7.54. The van der Waals surface area contributed by atoms with Crippen molar-refractivity contribution in [3.05, 3.63) is 188 Å². The van der Waals surface area contributed by atoms with Crippen LogP contribution >= 0.6 is 23.5 Å². The Morgan fingerprint density at radius 3 is 0.776 bits per heavy atom. The lowest BCUT2D eigenvalue weighted by Gasteiger charge is -2.29. The van der Waals surface area contributed by atoms with E-state index in [0.717, 1.165) is 158 Å². The molecule has 8 aromatic carbocycles. The third-order valence-corrected chi connectivity index (χ3v) is 29.2. The Morgan fingerprint density at radius 2 is 0.526 bits per heavy atom. The Bertz CT molecular complexity index is 4200. The van der Waals surface area contributed by atoms with Crippen LogP contribution in [0.5, 0.6) is 23.0 Å². The molecule has 4 saturated carbocycles. The van der Waals surface area contributed by atoms with Gasteiger partial charge in [-0.25, -0.2) is 0 Å². The molecule has 0 aromatic heterocycles. The molecule has 5 aliphatic carbocycles. The Hall–Kier alpha value is -7.40. The topological polar surface area (TPSA) is 95.1 Å². The second-order valence-corrected chi connectivity index (χ2v) is 38.6. The summed E-state index contributed by atoms with van der Waals surface area (Å²) in [5.41, 5.74) is 17.5. The van der Waals surface area contributed by atoms with E-state index in [0.29, 0.717) is 70.5 Å². The first-order valence-corrected chi connectivity index (χ1v) is 47.5. The van der Waals surface area contributed by atoms with Gasteiger partial charge in [0.15, 0.2) is 11.6 Å². The number of rotatable bonds is 38. The monoisotopic (exact) mass is 1600 g/mol. The molecule has 8 nitrogen and oxygen atoms in total. The van der Waals surface area contributed by atoms with Crippen molar-refractivity contribution in [1.82, 2.24) is 0 Å². The minimum absolute atomic E-state index is 0.205. The van der Waals surface area contributed by atoms with Gasteiger partial charge >= 0.3 is 0 Å². The molecule has 10 heteroatoms. The van der Waals surface area contributed by atoms with Gasteiger partial charge in [0.2, 0.25) is 0 Å². The van der Waals surface area contributed by atoms with Crippen LogP contribution in [0.2, 0.25) is 0 Å². The first kappa shape index (κ1) is 86.4. The Kier molecular flexibility index (Phi) is 31.3. The van der Waals surface area contributed by atoms with Crippen LogP contribution in [0.3, 0.4) is 0 Å². The highest BCUT2D eigenvalue weighted by molar-refractivity contribution is 8.00. The van der Waals surface area contributed by atoms with Crippen LogP contribution in [0.25, 0.3) is 22.3 Å². The van der Waals surface area contributed by atoms with Crippen LogP contribution in [0.15, 0.2) is 141 Å². The van der Waals surface area contributed by atoms with Gasteiger partial charge in [0.1, 0.15) is 23.0 Å². The molecule has 620 valence electrons. The molecule has 0 amide bonds. The fourth-order valence-corrected chi connectivity index (χ4v) is 22.1. The molecule has 0 saturated heterocycles. The van der Waals surface area contributed by atoms with Crippen molar-refractivity contribution in [3.63, 3.8) is 0 Å². The number of anilines is 4. The summed E-state index contributed by atoms with van der Waals surface area (Å²) < 4.78 is 26.9. The molecule has 0 radical (unpaired) electrons. The van der Waals surface area contributed by atoms with Gasteiger partial charge in [-0.2, -0.15) is 0 Å². The van der Waals surface area contributed by atoms with E-state index in [1.807, 2.05) is 12.1 Å². The van der Waals surface area contributed by atoms with E-state index in [9.17, 15) is 0 Å². The van der Waals surface area contributed by atoms with E-state index in [4.69, 9.17) is 18.9 Å². The highest BCUT2D eigenvalue weighted by atomic mass is 32.2. The lowest BCUT2D eigenvalue weighted by atomic mass is 9.80. The molecule has 8 aromatic rings. The smallest absolute Gasteiger partial charge is 0.197 e. The second-order valence-electron chi connectivity index (χ2n) is 36.4. The number of aryl methyl sites for hydroxylation is 8. The number of nitrogens with one attached hydrogen (secondary N) is 2. The van der Waals surface area contributed by atoms with Crippen LogP contribution in [-0.2, 0) is 0 Å². The fraction of sp³-hybridized carbons (Fsp3) is 0.528. The molecular weight excluding hydrogens is 1460 g/mol. The van der Waals surface area contributed by atoms with Gasteiger partial charge in [-0.15, -0.1) is 0 Å². The molecule has 0 heterocycles. The molecule has 0 spiro atoms. The average Bonchev–Trinajstić information content (AvgIpc) is 0.722. The predicted molar refractivity (Wildman–Crippen MR) is 489 cm³/mol. The maximum Gasteiger partial charge on any atom is 0.197 e. The van der Waals surface area contributed by atoms with E-state index in [2.05, 4.69) is 203 Å². The van der Waals surface area contributed by atoms with E-state index < -0.39 is 0 Å². The Labute approximate surface area is 707 Å². The average molecular weight is 1600 g/mol. The summed E-state index contributed by atoms with van der Waals surface area (Å²) >= 11 is 3.08. The van der Waals surface area contributed by atoms with Gasteiger partial charge in [0, 0.05) is 42.1 Å². The van der Waals surface area contributed by atoms with Gasteiger partial charge < -0.3 is 29.6 Å². The maximum absolute atomic E-state index is 16.7. The third-order valence-electron chi connectivity index (χ3n) is 27.1. The lowest BCUT2D eigenvalue weighted by molar-refractivity contribution is 0.0976. The van der Waals surface area contributed by atoms with Crippen molar-refractivity contribution in [1.29, 1.82) is 0 Å². The largest absolute Gasteiger partial charge is 0.493 e. The zero-order valence-electron chi connectivity index (χ0n) is 72.9. The van der Waals surface area contributed by atoms with Crippen molar-refractivity contribution in [2.45, 2.75) is 308 Å². The van der Waals surface area contributed by atoms with E-state index >= 15 is 9.59 Å². The van der Waals surface area contributed by atoms with E-state index in [1.165, 1.54) is 229 Å². The number of hydrogen-bond donors (Lipinski definition) is 2. The standard InChI is InChI=1S/C106H138N2O6S2/c1-13-17-21-25-77-29-37-81(38-30-77)65-111-103-69(5)57-87(58-70(103)6)85-45-49-91(50-46-85)115-95-55-56-96(116-92-51-47-86(48-52-92)88-59-71(7)104(72(8)60-88)112-66-82-39-31-78(32-40-82)26-22-18-14-2)100-99(95)101(109)97-93(107-89-61-73(9)105(74(10)62-89)113-67-83-41-33-79(34-42-83)27-23-19-15-3)53-54-94(98(97)102(100)110)108-90-63-75(11)106(76(12)64-90)114-68-84-43-35-80(36-44-84)28-24-20-16-4/h45-64,77-84,107-108H,13-44,65-68H2,1-12H3. The van der Waals surface area contributed by atoms with Gasteiger partial charge in [-0.3, -0.25) is 9.59 Å². The highest BCUT2D eigenvalue weighted by Gasteiger charge is 2.39. The van der Waals surface area contributed by atoms with Crippen molar-refractivity contribution >= 4 is 57.8 Å². The van der Waals surface area contributed by atoms with Crippen LogP contribution < -0.4 is 29.6 Å². The van der Waals surface area contributed by atoms with Gasteiger partial charge in [0.25, 0.3) is 0 Å². The molecule has 0 atom stereocenters. The summed E-state index contributed by atoms with van der Waals surface area (Å²) in [4.78, 5) is 36.8. The van der Waals surface area contributed by atoms with Gasteiger partial charge in [-0.1, -0.05) is 230 Å². The molecule has 4 fully saturated rings. The second kappa shape index (κ2) is 42.0. The van der Waals surface area contributed by atoms with Crippen molar-refractivity contribution in [2.75, 3.05) is 37.1 Å². The minimum Gasteiger partial charge on any atom is -0.493 e. The van der Waals surface area contributed by atoms with Crippen molar-refractivity contribution in [3.8, 4) is 45.3 Å². The molecule has 5 aliphatic rings. The SMILES string of the molecule is CCCCCC1CCC(COc2c(C)cc(Nc3ccc(Nc4cc(C)c(OCC5CCC(CCCCC)CC5)c(C)c4)c4c3C(=O)c3c(Sc5ccc(-c6cc(C)c(OCC7CCC(CCCCC)CC7)c(C)c6)cc5)ccc(Sc5ccc(-c6cc(C)c(OCC7CCC(CCCCC)CC7)c(C)c6)cc5)c3C4=O)cc2C)CC1. The highest BCUT2D eigenvalue weighted by Crippen LogP contribution is 2.49. The number of ether oxygens (including phenoxy) is 4. The van der Waals surface area contributed by atoms with E-state index in [-0.39, 0.29) is 11.6 Å². The number of ketones is 2. The van der Waals surface area contributed by atoms with Crippen molar-refractivity contribution < 1.29 is 28.5 Å². The summed E-state index contributed by atoms with van der Waals surface area (Å²) in [6.45, 7) is 29.4. The number of unbranched alkanes of at least 4 members (excludes halogenated alkanes) is 8. The molecule has 13 rings (SSSR count). The quantitative estimate of drug-likeness (QED) is 0.0364. The molecule has 0 unspecified atom stereocenters. The van der Waals surface area contributed by atoms with Gasteiger partial charge in [-0.05, 0) is 318 Å². The number of hydrogen-bond acceptors (Lipinski definition) is 10. The lowest BCUT2D eigenvalue weighted by Crippen LogP contribution is -2.25. The number of benzene rings is 8. The number of fused-ring (bicyclic) bond motifs is 2. The van der Waals surface area contributed by atoms with Crippen molar-refractivity contribution in [2.24, 2.45) is 47.3 Å². The number of carbonyl (C=O) groups is 2. The van der Waals surface area contributed by atoms with Crippen LogP contribution in [0.1, 0.15) is 310 Å². The summed E-state index contributed by atoms with van der Waals surface area (Å²) in [5.74, 6) is 9.21. The predicted octanol–water partition coefficient (Wildman–Crippen LogP) is 31.1. The molecule has 116 heavy (non-hydrogen) atoms.